The summed E-state index contributed by atoms with van der Waals surface area (Å²) in [6, 6.07) is 5.49. The maximum atomic E-state index is 5.94. The zero-order chi connectivity index (χ0) is 9.26. The second kappa shape index (κ2) is 3.18. The quantitative estimate of drug-likeness (QED) is 0.696. The first kappa shape index (κ1) is 8.26. The molecule has 0 aliphatic rings. The van der Waals surface area contributed by atoms with Crippen LogP contribution in [0.3, 0.4) is 0 Å². The molecule has 0 bridgehead atoms. The van der Waals surface area contributed by atoms with Crippen LogP contribution in [0.15, 0.2) is 30.6 Å². The molecule has 2 aromatic rings. The summed E-state index contributed by atoms with van der Waals surface area (Å²) in [6.45, 7) is 1.92. The van der Waals surface area contributed by atoms with Gasteiger partial charge < -0.3 is 0 Å². The maximum absolute atomic E-state index is 5.94. The lowest BCUT2D eigenvalue weighted by molar-refractivity contribution is 0.833. The van der Waals surface area contributed by atoms with Crippen LogP contribution in [0.5, 0.6) is 0 Å². The smallest absolute Gasteiger partial charge is 0.172 e. The Labute approximate surface area is 81.0 Å². The highest BCUT2D eigenvalue weighted by Crippen LogP contribution is 2.15. The first-order valence-electron chi connectivity index (χ1n) is 3.90. The van der Waals surface area contributed by atoms with Crippen molar-refractivity contribution in [1.82, 2.24) is 14.8 Å². The van der Waals surface area contributed by atoms with Crippen LogP contribution in [0.2, 0.25) is 5.02 Å². The zero-order valence-corrected chi connectivity index (χ0v) is 7.86. The molecule has 0 radical (unpaired) electrons. The summed E-state index contributed by atoms with van der Waals surface area (Å²) in [4.78, 5) is 4.13. The number of halogens is 1. The van der Waals surface area contributed by atoms with Crippen LogP contribution in [0.25, 0.3) is 5.82 Å². The van der Waals surface area contributed by atoms with E-state index in [1.165, 1.54) is 0 Å². The van der Waals surface area contributed by atoms with E-state index in [0.29, 0.717) is 10.8 Å². The van der Waals surface area contributed by atoms with E-state index >= 15 is 0 Å². The fraction of sp³-hybridized carbons (Fsp3) is 0.111. The first-order chi connectivity index (χ1) is 6.27. The molecule has 0 aliphatic heterocycles. The highest BCUT2D eigenvalue weighted by Gasteiger charge is 2.03. The number of rotatable bonds is 1. The van der Waals surface area contributed by atoms with Gasteiger partial charge in [0.15, 0.2) is 5.82 Å². The van der Waals surface area contributed by atoms with Crippen molar-refractivity contribution in [3.05, 3.63) is 41.3 Å². The molecular formula is C9H8ClN3. The summed E-state index contributed by atoms with van der Waals surface area (Å²) in [5.41, 5.74) is 0.946. The lowest BCUT2D eigenvalue weighted by Gasteiger charge is -2.00. The third kappa shape index (κ3) is 1.55. The highest BCUT2D eigenvalue weighted by atomic mass is 35.5. The van der Waals surface area contributed by atoms with Crippen molar-refractivity contribution in [2.24, 2.45) is 0 Å². The van der Waals surface area contributed by atoms with Gasteiger partial charge in [0.05, 0.1) is 10.7 Å². The van der Waals surface area contributed by atoms with Crippen LogP contribution < -0.4 is 0 Å². The van der Waals surface area contributed by atoms with Gasteiger partial charge >= 0.3 is 0 Å². The average molecular weight is 194 g/mol. The normalized spacial score (nSPS) is 10.3. The molecule has 0 unspecified atom stereocenters. The van der Waals surface area contributed by atoms with Crippen LogP contribution >= 0.6 is 11.6 Å². The first-order valence-corrected chi connectivity index (χ1v) is 4.28. The number of aryl methyl sites for hydroxylation is 1. The van der Waals surface area contributed by atoms with Crippen molar-refractivity contribution in [2.75, 3.05) is 0 Å². The lowest BCUT2D eigenvalue weighted by atomic mass is 10.4. The molecule has 0 amide bonds. The predicted octanol–water partition coefficient (Wildman–Crippen LogP) is 2.23. The number of aromatic nitrogens is 3. The Balaban J connectivity index is 2.52. The molecule has 0 spiro atoms. The zero-order valence-electron chi connectivity index (χ0n) is 7.11. The van der Waals surface area contributed by atoms with Gasteiger partial charge in [-0.2, -0.15) is 5.10 Å². The van der Waals surface area contributed by atoms with Crippen LogP contribution in [0, 0.1) is 6.92 Å². The van der Waals surface area contributed by atoms with Crippen molar-refractivity contribution in [2.45, 2.75) is 6.92 Å². The van der Waals surface area contributed by atoms with Crippen molar-refractivity contribution in [3.8, 4) is 5.82 Å². The third-order valence-corrected chi connectivity index (χ3v) is 1.97. The topological polar surface area (TPSA) is 30.7 Å². The molecule has 0 aromatic carbocycles. The molecule has 2 heterocycles. The summed E-state index contributed by atoms with van der Waals surface area (Å²) in [5.74, 6) is 0.664. The molecule has 3 nitrogen and oxygen atoms in total. The summed E-state index contributed by atoms with van der Waals surface area (Å²) in [7, 11) is 0. The molecule has 0 N–H and O–H groups in total. The van der Waals surface area contributed by atoms with Crippen molar-refractivity contribution < 1.29 is 0 Å². The molecular weight excluding hydrogens is 186 g/mol. The summed E-state index contributed by atoms with van der Waals surface area (Å²) in [6.07, 6.45) is 3.53. The average Bonchev–Trinajstić information content (AvgIpc) is 2.53. The standard InChI is InChI=1S/C9H8ClN3/c1-7-4-6-13(12-7)9-8(10)3-2-5-11-9/h2-6H,1H3. The molecule has 0 saturated heterocycles. The van der Waals surface area contributed by atoms with Crippen molar-refractivity contribution in [3.63, 3.8) is 0 Å². The monoisotopic (exact) mass is 193 g/mol. The molecule has 0 aliphatic carbocycles. The van der Waals surface area contributed by atoms with E-state index in [-0.39, 0.29) is 0 Å². The molecule has 0 atom stereocenters. The van der Waals surface area contributed by atoms with E-state index in [2.05, 4.69) is 10.1 Å². The van der Waals surface area contributed by atoms with E-state index in [1.54, 1.807) is 23.0 Å². The van der Waals surface area contributed by atoms with Gasteiger partial charge in [0.1, 0.15) is 0 Å². The Morgan fingerprint density at radius 3 is 2.85 bits per heavy atom. The highest BCUT2D eigenvalue weighted by molar-refractivity contribution is 6.32. The molecule has 0 saturated carbocycles. The molecule has 0 fully saturated rings. The Kier molecular flexibility index (Phi) is 2.02. The van der Waals surface area contributed by atoms with Crippen LogP contribution in [-0.4, -0.2) is 14.8 Å². The summed E-state index contributed by atoms with van der Waals surface area (Å²) >= 11 is 5.94. The van der Waals surface area contributed by atoms with Gasteiger partial charge in [-0.1, -0.05) is 11.6 Å². The Hall–Kier alpha value is -1.35. The second-order valence-electron chi connectivity index (χ2n) is 2.71. The molecule has 13 heavy (non-hydrogen) atoms. The summed E-state index contributed by atoms with van der Waals surface area (Å²) in [5, 5.41) is 4.81. The minimum atomic E-state index is 0.602. The number of hydrogen-bond acceptors (Lipinski definition) is 2. The third-order valence-electron chi connectivity index (χ3n) is 1.68. The van der Waals surface area contributed by atoms with E-state index in [0.717, 1.165) is 5.69 Å². The van der Waals surface area contributed by atoms with E-state index < -0.39 is 0 Å². The van der Waals surface area contributed by atoms with E-state index in [9.17, 15) is 0 Å². The minimum absolute atomic E-state index is 0.602. The van der Waals surface area contributed by atoms with Crippen LogP contribution in [0.1, 0.15) is 5.69 Å². The summed E-state index contributed by atoms with van der Waals surface area (Å²) < 4.78 is 1.66. The fourth-order valence-corrected chi connectivity index (χ4v) is 1.29. The van der Waals surface area contributed by atoms with Gasteiger partial charge in [0.2, 0.25) is 0 Å². The van der Waals surface area contributed by atoms with Gasteiger partial charge in [-0.15, -0.1) is 0 Å². The Morgan fingerprint density at radius 2 is 2.23 bits per heavy atom. The maximum Gasteiger partial charge on any atom is 0.172 e. The van der Waals surface area contributed by atoms with Crippen molar-refractivity contribution >= 4 is 11.6 Å². The second-order valence-corrected chi connectivity index (χ2v) is 3.12. The SMILES string of the molecule is Cc1ccn(-c2ncccc2Cl)n1. The molecule has 2 rings (SSSR count). The van der Waals surface area contributed by atoms with Gasteiger partial charge in [-0.3, -0.25) is 0 Å². The molecule has 66 valence electrons. The fourth-order valence-electron chi connectivity index (χ4n) is 1.08. The number of hydrogen-bond donors (Lipinski definition) is 0. The Bertz CT molecular complexity index is 422. The van der Waals surface area contributed by atoms with Gasteiger partial charge in [0.25, 0.3) is 0 Å². The van der Waals surface area contributed by atoms with Crippen LogP contribution in [-0.2, 0) is 0 Å². The lowest BCUT2D eigenvalue weighted by Crippen LogP contribution is -1.98. The van der Waals surface area contributed by atoms with Gasteiger partial charge in [-0.25, -0.2) is 9.67 Å². The largest absolute Gasteiger partial charge is 0.236 e. The minimum Gasteiger partial charge on any atom is -0.236 e. The molecule has 2 aromatic heterocycles. The van der Waals surface area contributed by atoms with Crippen molar-refractivity contribution in [1.29, 1.82) is 0 Å². The molecule has 4 heteroatoms. The predicted molar refractivity (Wildman–Crippen MR) is 51.1 cm³/mol. The van der Waals surface area contributed by atoms with E-state index in [4.69, 9.17) is 11.6 Å². The van der Waals surface area contributed by atoms with Gasteiger partial charge in [0, 0.05) is 12.4 Å². The Morgan fingerprint density at radius 1 is 1.38 bits per heavy atom. The number of pyridine rings is 1. The van der Waals surface area contributed by atoms with Crippen LogP contribution in [0.4, 0.5) is 0 Å². The number of nitrogens with zero attached hydrogens (tertiary/aromatic N) is 3. The van der Waals surface area contributed by atoms with Gasteiger partial charge in [-0.05, 0) is 25.1 Å². The van der Waals surface area contributed by atoms with E-state index in [1.807, 2.05) is 19.2 Å².